The van der Waals surface area contributed by atoms with Crippen LogP contribution >= 0.6 is 0 Å². The van der Waals surface area contributed by atoms with E-state index in [9.17, 15) is 50.8 Å². The van der Waals surface area contributed by atoms with Gasteiger partial charge in [-0.3, -0.25) is 4.79 Å². The van der Waals surface area contributed by atoms with Crippen LogP contribution in [-0.4, -0.2) is 121 Å². The van der Waals surface area contributed by atoms with Crippen LogP contribution in [0.5, 0.6) is 28.7 Å². The van der Waals surface area contributed by atoms with Crippen LogP contribution < -0.4 is 14.9 Å². The van der Waals surface area contributed by atoms with Gasteiger partial charge in [0.2, 0.25) is 12.0 Å². The van der Waals surface area contributed by atoms with Crippen LogP contribution in [0.15, 0.2) is 39.5 Å². The fraction of sp³-hybridized carbons (Fsp3) is 0.464. The summed E-state index contributed by atoms with van der Waals surface area (Å²) >= 11 is 0. The number of aliphatic hydroxyl groups excluding tert-OH is 6. The monoisotopic (exact) mass is 624 g/mol. The maximum absolute atomic E-state index is 13.1. The molecule has 0 radical (unpaired) electrons. The Kier molecular flexibility index (Phi) is 8.90. The van der Waals surface area contributed by atoms with Crippen LogP contribution in [0.4, 0.5) is 0 Å². The molecule has 2 aromatic carbocycles. The van der Waals surface area contributed by atoms with Crippen molar-refractivity contribution in [1.29, 1.82) is 0 Å². The second kappa shape index (κ2) is 12.4. The molecule has 16 nitrogen and oxygen atoms in total. The van der Waals surface area contributed by atoms with Crippen LogP contribution in [-0.2, 0) is 14.2 Å². The third-order valence-corrected chi connectivity index (χ3v) is 7.53. The molecule has 10 atom stereocenters. The Hall–Kier alpha value is -3.71. The van der Waals surface area contributed by atoms with Gasteiger partial charge in [-0.15, -0.1) is 0 Å². The van der Waals surface area contributed by atoms with Crippen molar-refractivity contribution in [2.24, 2.45) is 0 Å². The van der Waals surface area contributed by atoms with Crippen molar-refractivity contribution >= 4 is 11.0 Å². The number of hydrogen-bond acceptors (Lipinski definition) is 16. The number of ether oxygens (including phenoxy) is 5. The smallest absolute Gasteiger partial charge is 0.229 e. The predicted molar refractivity (Wildman–Crippen MR) is 145 cm³/mol. The summed E-state index contributed by atoms with van der Waals surface area (Å²) in [5.41, 5.74) is -0.650. The summed E-state index contributed by atoms with van der Waals surface area (Å²) in [6.45, 7) is 0.886. The van der Waals surface area contributed by atoms with E-state index in [4.69, 9.17) is 28.1 Å². The zero-order valence-electron chi connectivity index (χ0n) is 23.3. The number of phenolic OH excluding ortho intramolecular Hbond substituents is 3. The zero-order chi connectivity index (χ0) is 32.0. The minimum atomic E-state index is -1.88. The number of aliphatic hydroxyl groups is 6. The molecule has 2 saturated heterocycles. The molecule has 0 saturated carbocycles. The molecule has 44 heavy (non-hydrogen) atoms. The van der Waals surface area contributed by atoms with Crippen molar-refractivity contribution in [2.45, 2.75) is 68.3 Å². The van der Waals surface area contributed by atoms with Crippen LogP contribution in [0.1, 0.15) is 6.92 Å². The van der Waals surface area contributed by atoms with Gasteiger partial charge in [0.1, 0.15) is 59.5 Å². The van der Waals surface area contributed by atoms with E-state index in [0.717, 1.165) is 6.07 Å². The average Bonchev–Trinajstić information content (AvgIpc) is 2.99. The fourth-order valence-corrected chi connectivity index (χ4v) is 4.95. The molecule has 9 N–H and O–H groups in total. The second-order valence-electron chi connectivity index (χ2n) is 10.5. The number of hydrogen-bond donors (Lipinski definition) is 9. The van der Waals surface area contributed by atoms with E-state index < -0.39 is 90.7 Å². The van der Waals surface area contributed by atoms with Crippen LogP contribution in [0, 0.1) is 0 Å². The number of aromatic hydroxyl groups is 3. The summed E-state index contributed by atoms with van der Waals surface area (Å²) in [6.07, 6.45) is -15.6. The third-order valence-electron chi connectivity index (χ3n) is 7.53. The van der Waals surface area contributed by atoms with Gasteiger partial charge in [0.15, 0.2) is 34.7 Å². The first-order valence-electron chi connectivity index (χ1n) is 13.4. The van der Waals surface area contributed by atoms with Gasteiger partial charge in [-0.2, -0.15) is 0 Å². The number of phenols is 3. The third kappa shape index (κ3) is 5.74. The average molecular weight is 625 g/mol. The maximum Gasteiger partial charge on any atom is 0.229 e. The lowest BCUT2D eigenvalue weighted by molar-refractivity contribution is -0.318. The lowest BCUT2D eigenvalue weighted by atomic mass is 9.98. The summed E-state index contributed by atoms with van der Waals surface area (Å²) < 4.78 is 33.1. The number of fused-ring (bicyclic) bond motifs is 1. The van der Waals surface area contributed by atoms with E-state index in [2.05, 4.69) is 0 Å². The molecular formula is C28H32O16. The summed E-state index contributed by atoms with van der Waals surface area (Å²) in [6, 6.07) is 5.99. The number of rotatable bonds is 7. The van der Waals surface area contributed by atoms with E-state index in [-0.39, 0.29) is 33.8 Å². The normalized spacial score (nSPS) is 32.5. The van der Waals surface area contributed by atoms with E-state index >= 15 is 0 Å². The second-order valence-corrected chi connectivity index (χ2v) is 10.5. The molecule has 10 unspecified atom stereocenters. The molecular weight excluding hydrogens is 592 g/mol. The lowest BCUT2D eigenvalue weighted by Crippen LogP contribution is -2.61. The highest BCUT2D eigenvalue weighted by molar-refractivity contribution is 5.89. The van der Waals surface area contributed by atoms with Crippen molar-refractivity contribution in [3.63, 3.8) is 0 Å². The van der Waals surface area contributed by atoms with Gasteiger partial charge in [0.25, 0.3) is 0 Å². The fourth-order valence-electron chi connectivity index (χ4n) is 4.95. The van der Waals surface area contributed by atoms with E-state index in [1.807, 2.05) is 0 Å². The minimum absolute atomic E-state index is 0.0117. The van der Waals surface area contributed by atoms with Gasteiger partial charge in [-0.05, 0) is 25.1 Å². The highest BCUT2D eigenvalue weighted by atomic mass is 16.7. The molecule has 3 aromatic rings. The molecule has 0 amide bonds. The first-order valence-corrected chi connectivity index (χ1v) is 13.4. The molecule has 1 aromatic heterocycles. The molecule has 240 valence electrons. The van der Waals surface area contributed by atoms with E-state index in [1.54, 1.807) is 0 Å². The molecule has 0 bridgehead atoms. The highest BCUT2D eigenvalue weighted by Gasteiger charge is 2.47. The van der Waals surface area contributed by atoms with Gasteiger partial charge < -0.3 is 74.1 Å². The molecule has 5 rings (SSSR count). The molecule has 2 aliphatic rings. The van der Waals surface area contributed by atoms with Crippen LogP contribution in [0.25, 0.3) is 22.3 Å². The Morgan fingerprint density at radius 2 is 1.48 bits per heavy atom. The van der Waals surface area contributed by atoms with Gasteiger partial charge in [-0.25, -0.2) is 0 Å². The Morgan fingerprint density at radius 3 is 2.16 bits per heavy atom. The molecule has 2 fully saturated rings. The van der Waals surface area contributed by atoms with Crippen molar-refractivity contribution < 1.29 is 74.1 Å². The summed E-state index contributed by atoms with van der Waals surface area (Å²) in [5.74, 6) is -2.28. The quantitative estimate of drug-likeness (QED) is 0.137. The summed E-state index contributed by atoms with van der Waals surface area (Å²) in [5, 5.41) is 91.8. The number of benzene rings is 2. The molecule has 3 heterocycles. The largest absolute Gasteiger partial charge is 0.504 e. The highest BCUT2D eigenvalue weighted by Crippen LogP contribution is 2.44. The van der Waals surface area contributed by atoms with Crippen molar-refractivity contribution in [3.8, 4) is 40.1 Å². The SMILES string of the molecule is COc1cc2oc(-c3ccc(O)c(O)c3)cc(=O)c2c(O)c1OC1OC(COC2OC(C)C(O)C(O)C2O)C(O)C(O)C1O. The zero-order valence-corrected chi connectivity index (χ0v) is 23.3. The van der Waals surface area contributed by atoms with Gasteiger partial charge in [-0.1, -0.05) is 0 Å². The molecule has 2 aliphatic heterocycles. The Labute approximate surface area is 248 Å². The molecule has 0 spiro atoms. The molecule has 0 aliphatic carbocycles. The lowest BCUT2D eigenvalue weighted by Gasteiger charge is -2.42. The van der Waals surface area contributed by atoms with Crippen molar-refractivity contribution in [3.05, 3.63) is 40.6 Å². The van der Waals surface area contributed by atoms with Crippen LogP contribution in [0.2, 0.25) is 0 Å². The van der Waals surface area contributed by atoms with E-state index in [0.29, 0.717) is 0 Å². The number of methoxy groups -OCH3 is 1. The minimum Gasteiger partial charge on any atom is -0.504 e. The Balaban J connectivity index is 1.41. The standard InChI is InChI=1S/C28H32O16/c1-9-19(32)22(35)24(37)27(41-9)40-8-17-20(33)23(36)25(38)28(43-17)44-26-16(39-2)7-15-18(21(26)34)13(31)6-14(42-15)10-3-4-11(29)12(30)5-10/h3-7,9,17,19-20,22-25,27-30,32-38H,8H2,1-2H3. The predicted octanol–water partition coefficient (Wildman–Crippen LogP) is -1.38. The van der Waals surface area contributed by atoms with Gasteiger partial charge >= 0.3 is 0 Å². The van der Waals surface area contributed by atoms with Crippen molar-refractivity contribution in [2.75, 3.05) is 13.7 Å². The first-order chi connectivity index (χ1) is 20.8. The maximum atomic E-state index is 13.1. The summed E-state index contributed by atoms with van der Waals surface area (Å²) in [4.78, 5) is 13.1. The van der Waals surface area contributed by atoms with Crippen molar-refractivity contribution in [1.82, 2.24) is 0 Å². The van der Waals surface area contributed by atoms with Gasteiger partial charge in [0, 0.05) is 17.7 Å². The van der Waals surface area contributed by atoms with Crippen LogP contribution in [0.3, 0.4) is 0 Å². The summed E-state index contributed by atoms with van der Waals surface area (Å²) in [7, 11) is 1.21. The first kappa shape index (κ1) is 31.7. The molecule has 16 heteroatoms. The Bertz CT molecular complexity index is 1560. The van der Waals surface area contributed by atoms with E-state index in [1.165, 1.54) is 38.3 Å². The van der Waals surface area contributed by atoms with Gasteiger partial charge in [0.05, 0.1) is 19.8 Å². The Morgan fingerprint density at radius 1 is 0.795 bits per heavy atom. The topological polar surface area (TPSA) is 258 Å².